The molecule has 1 amide bonds. The molecular weight excluding hydrogens is 681 g/mol. The van der Waals surface area contributed by atoms with Gasteiger partial charge in [0.15, 0.2) is 5.79 Å². The summed E-state index contributed by atoms with van der Waals surface area (Å²) in [6.07, 6.45) is 0.412. The number of hydrogen-bond acceptors (Lipinski definition) is 9. The molecule has 3 aromatic carbocycles. The van der Waals surface area contributed by atoms with E-state index in [2.05, 4.69) is 23.7 Å². The zero-order chi connectivity index (χ0) is 38.2. The van der Waals surface area contributed by atoms with Crippen LogP contribution in [-0.2, 0) is 33.3 Å². The van der Waals surface area contributed by atoms with E-state index in [4.69, 9.17) is 18.9 Å². The fourth-order valence-corrected chi connectivity index (χ4v) is 6.24. The van der Waals surface area contributed by atoms with E-state index in [0.29, 0.717) is 36.1 Å². The molecule has 278 valence electrons. The lowest BCUT2D eigenvalue weighted by molar-refractivity contribution is -0.291. The van der Waals surface area contributed by atoms with Gasteiger partial charge in [-0.05, 0) is 92.3 Å². The number of carbonyl (C=O) groups excluding carboxylic acids is 3. The molecule has 2 fully saturated rings. The molecule has 11 heteroatoms. The smallest absolute Gasteiger partial charge is 0.304 e. The Morgan fingerprint density at radius 3 is 2.09 bits per heavy atom. The van der Waals surface area contributed by atoms with E-state index >= 15 is 0 Å². The van der Waals surface area contributed by atoms with Crippen LogP contribution in [-0.4, -0.2) is 65.9 Å². The Kier molecular flexibility index (Phi) is 12.7. The van der Waals surface area contributed by atoms with Gasteiger partial charge >= 0.3 is 11.9 Å². The van der Waals surface area contributed by atoms with Crippen LogP contribution >= 0.6 is 0 Å². The Hall–Kier alpha value is -5.04. The van der Waals surface area contributed by atoms with Gasteiger partial charge in [0.25, 0.3) is 0 Å². The standard InChI is InChI=1S/C42H44FNO9/c1-28(47)52-38(33-14-16-35(43)17-15-33)21-20-37-39(44(40(37)49)36-18-10-30(11-19-36)6-5-7-32(24-45)25-46)34-12-8-31(9-13-34)22-23-42(53-29(2)48)26-50-41(3,4)51-27-42/h8-19,32,37-39,45-46H,7,20-21,24-27H2,1-4H3/t37-,38?,39-/m1/s1. The van der Waals surface area contributed by atoms with E-state index < -0.39 is 41.2 Å². The molecule has 0 saturated carbocycles. The van der Waals surface area contributed by atoms with E-state index in [-0.39, 0.29) is 44.3 Å². The van der Waals surface area contributed by atoms with Gasteiger partial charge in [0.2, 0.25) is 11.5 Å². The summed E-state index contributed by atoms with van der Waals surface area (Å²) in [5.41, 5.74) is 2.27. The van der Waals surface area contributed by atoms with Crippen LogP contribution in [0.3, 0.4) is 0 Å². The van der Waals surface area contributed by atoms with Crippen LogP contribution in [0.5, 0.6) is 0 Å². The van der Waals surface area contributed by atoms with E-state index in [1.54, 1.807) is 30.9 Å². The number of aliphatic hydroxyl groups excluding tert-OH is 2. The molecule has 2 aliphatic rings. The molecule has 10 nitrogen and oxygen atoms in total. The third kappa shape index (κ3) is 10.1. The van der Waals surface area contributed by atoms with Crippen molar-refractivity contribution in [2.75, 3.05) is 31.3 Å². The average molecular weight is 726 g/mol. The Morgan fingerprint density at radius 1 is 0.906 bits per heavy atom. The number of aliphatic hydroxyl groups is 2. The summed E-state index contributed by atoms with van der Waals surface area (Å²) in [4.78, 5) is 39.5. The van der Waals surface area contributed by atoms with Crippen molar-refractivity contribution in [3.05, 3.63) is 101 Å². The zero-order valence-corrected chi connectivity index (χ0v) is 30.3. The first-order valence-corrected chi connectivity index (χ1v) is 17.5. The van der Waals surface area contributed by atoms with Crippen molar-refractivity contribution in [1.82, 2.24) is 0 Å². The number of ether oxygens (including phenoxy) is 4. The molecule has 3 aromatic rings. The van der Waals surface area contributed by atoms with E-state index in [1.165, 1.54) is 26.0 Å². The Morgan fingerprint density at radius 2 is 1.51 bits per heavy atom. The van der Waals surface area contributed by atoms with Crippen molar-refractivity contribution < 1.29 is 47.9 Å². The number of hydrogen-bond donors (Lipinski definition) is 2. The molecule has 0 bridgehead atoms. The van der Waals surface area contributed by atoms with Crippen molar-refractivity contribution in [2.45, 2.75) is 70.5 Å². The number of halogens is 1. The number of amides is 1. The Labute approximate surface area is 309 Å². The quantitative estimate of drug-likeness (QED) is 0.152. The van der Waals surface area contributed by atoms with Crippen LogP contribution in [0, 0.1) is 41.3 Å². The number of rotatable bonds is 11. The van der Waals surface area contributed by atoms with Crippen LogP contribution in [0.25, 0.3) is 0 Å². The summed E-state index contributed by atoms with van der Waals surface area (Å²) in [5.74, 6) is 9.06. The molecule has 0 spiro atoms. The molecule has 2 aliphatic heterocycles. The molecule has 2 heterocycles. The first-order chi connectivity index (χ1) is 25.3. The molecule has 2 N–H and O–H groups in total. The van der Waals surface area contributed by atoms with E-state index in [9.17, 15) is 29.0 Å². The maximum absolute atomic E-state index is 13.9. The number of esters is 2. The van der Waals surface area contributed by atoms with Gasteiger partial charge in [-0.2, -0.15) is 0 Å². The van der Waals surface area contributed by atoms with E-state index in [0.717, 1.165) is 11.1 Å². The van der Waals surface area contributed by atoms with Crippen LogP contribution in [0.2, 0.25) is 0 Å². The highest BCUT2D eigenvalue weighted by Gasteiger charge is 2.48. The predicted octanol–water partition coefficient (Wildman–Crippen LogP) is 5.39. The average Bonchev–Trinajstić information content (AvgIpc) is 3.13. The fourth-order valence-electron chi connectivity index (χ4n) is 6.24. The van der Waals surface area contributed by atoms with Crippen LogP contribution < -0.4 is 4.90 Å². The van der Waals surface area contributed by atoms with Crippen LogP contribution in [0.4, 0.5) is 10.1 Å². The molecule has 5 rings (SSSR count). The largest absolute Gasteiger partial charge is 0.458 e. The van der Waals surface area contributed by atoms with Crippen molar-refractivity contribution in [3.8, 4) is 23.7 Å². The molecule has 53 heavy (non-hydrogen) atoms. The number of β-lactam (4-membered cyclic amide) rings is 1. The molecule has 0 radical (unpaired) electrons. The van der Waals surface area contributed by atoms with Gasteiger partial charge < -0.3 is 34.1 Å². The number of anilines is 1. The van der Waals surface area contributed by atoms with Gasteiger partial charge in [0.05, 0.1) is 12.0 Å². The van der Waals surface area contributed by atoms with Crippen molar-refractivity contribution in [2.24, 2.45) is 11.8 Å². The first-order valence-electron chi connectivity index (χ1n) is 17.5. The van der Waals surface area contributed by atoms with Crippen molar-refractivity contribution in [1.29, 1.82) is 0 Å². The minimum Gasteiger partial charge on any atom is -0.458 e. The van der Waals surface area contributed by atoms with Gasteiger partial charge in [-0.25, -0.2) is 4.39 Å². The lowest BCUT2D eigenvalue weighted by Crippen LogP contribution is -2.55. The Balaban J connectivity index is 1.40. The maximum Gasteiger partial charge on any atom is 0.304 e. The highest BCUT2D eigenvalue weighted by Crippen LogP contribution is 2.46. The summed E-state index contributed by atoms with van der Waals surface area (Å²) in [5, 5.41) is 18.6. The molecule has 0 aromatic heterocycles. The lowest BCUT2D eigenvalue weighted by Gasteiger charge is -2.48. The molecular formula is C42H44FNO9. The monoisotopic (exact) mass is 725 g/mol. The third-order valence-electron chi connectivity index (χ3n) is 9.12. The topological polar surface area (TPSA) is 132 Å². The minimum atomic E-state index is -1.26. The summed E-state index contributed by atoms with van der Waals surface area (Å²) >= 11 is 0. The van der Waals surface area contributed by atoms with Crippen molar-refractivity contribution in [3.63, 3.8) is 0 Å². The predicted molar refractivity (Wildman–Crippen MR) is 193 cm³/mol. The normalized spacial score (nSPS) is 19.2. The van der Waals surface area contributed by atoms with Gasteiger partial charge in [0.1, 0.15) is 25.1 Å². The zero-order valence-electron chi connectivity index (χ0n) is 30.3. The second-order valence-corrected chi connectivity index (χ2v) is 13.7. The second-order valence-electron chi connectivity index (χ2n) is 13.7. The van der Waals surface area contributed by atoms with Gasteiger partial charge in [-0.15, -0.1) is 0 Å². The van der Waals surface area contributed by atoms with Crippen LogP contribution in [0.15, 0.2) is 72.8 Å². The SMILES string of the molecule is CC(=O)OC(CC[C@H]1C(=O)N(c2ccc(C#CCC(CO)CO)cc2)[C@@H]1c1ccc(C#CC2(OC(C)=O)COC(C)(C)OC2)cc1)c1ccc(F)cc1. The number of nitrogens with zero attached hydrogens (tertiary/aromatic N) is 1. The number of carbonyl (C=O) groups is 3. The van der Waals surface area contributed by atoms with Gasteiger partial charge in [0, 0.05) is 56.2 Å². The molecule has 3 atom stereocenters. The van der Waals surface area contributed by atoms with Crippen LogP contribution in [0.1, 0.15) is 81.4 Å². The second kappa shape index (κ2) is 17.2. The molecule has 1 unspecified atom stereocenters. The maximum atomic E-state index is 13.9. The van der Waals surface area contributed by atoms with Crippen molar-refractivity contribution >= 4 is 23.5 Å². The van der Waals surface area contributed by atoms with Gasteiger partial charge in [-0.1, -0.05) is 42.0 Å². The minimum absolute atomic E-state index is 0.0496. The summed E-state index contributed by atoms with van der Waals surface area (Å²) in [7, 11) is 0. The number of benzene rings is 3. The highest BCUT2D eigenvalue weighted by atomic mass is 19.1. The van der Waals surface area contributed by atoms with E-state index in [1.807, 2.05) is 48.5 Å². The third-order valence-corrected chi connectivity index (χ3v) is 9.12. The highest BCUT2D eigenvalue weighted by molar-refractivity contribution is 6.03. The first kappa shape index (κ1) is 39.2. The van der Waals surface area contributed by atoms with Gasteiger partial charge in [-0.3, -0.25) is 14.4 Å². The summed E-state index contributed by atoms with van der Waals surface area (Å²) < 4.78 is 36.3. The fraction of sp³-hybridized carbons (Fsp3) is 0.405. The lowest BCUT2D eigenvalue weighted by atomic mass is 9.78. The Bertz CT molecular complexity index is 1870. The molecule has 2 saturated heterocycles. The summed E-state index contributed by atoms with van der Waals surface area (Å²) in [6, 6.07) is 20.2. The molecule has 0 aliphatic carbocycles. The summed E-state index contributed by atoms with van der Waals surface area (Å²) in [6.45, 7) is 5.96.